The summed E-state index contributed by atoms with van der Waals surface area (Å²) in [5.74, 6) is -2.04. The molecular weight excluding hydrogens is 289 g/mol. The van der Waals surface area contributed by atoms with E-state index in [1.54, 1.807) is 0 Å². The predicted molar refractivity (Wildman–Crippen MR) is 77.4 cm³/mol. The summed E-state index contributed by atoms with van der Waals surface area (Å²) in [5, 5.41) is 28.9. The minimum atomic E-state index is -1.24. The molecule has 0 spiro atoms. The Labute approximate surface area is 123 Å². The summed E-state index contributed by atoms with van der Waals surface area (Å²) in [6.45, 7) is 0. The molecule has 0 saturated heterocycles. The van der Waals surface area contributed by atoms with Crippen LogP contribution in [0.3, 0.4) is 0 Å². The molecule has 0 radical (unpaired) electrons. The number of halogens is 1. The molecule has 0 amide bonds. The van der Waals surface area contributed by atoms with Crippen molar-refractivity contribution in [2.45, 2.75) is 0 Å². The Morgan fingerprint density at radius 3 is 2.55 bits per heavy atom. The van der Waals surface area contributed by atoms with E-state index in [0.29, 0.717) is 0 Å². The molecule has 0 aliphatic heterocycles. The van der Waals surface area contributed by atoms with E-state index < -0.39 is 11.8 Å². The van der Waals surface area contributed by atoms with Gasteiger partial charge in [-0.15, -0.1) is 0 Å². The number of aromatic hydroxyl groups is 2. The topological polar surface area (TPSA) is 90.7 Å². The van der Waals surface area contributed by atoms with E-state index in [1.165, 1.54) is 36.4 Å². The number of hydrogen-bond donors (Lipinski definition) is 3. The van der Waals surface area contributed by atoms with Gasteiger partial charge in [0.15, 0.2) is 0 Å². The van der Waals surface area contributed by atoms with Gasteiger partial charge in [0.05, 0.1) is 16.8 Å². The van der Waals surface area contributed by atoms with Crippen LogP contribution >= 0.6 is 0 Å². The summed E-state index contributed by atoms with van der Waals surface area (Å²) >= 11 is 0. The number of aromatic nitrogens is 1. The van der Waals surface area contributed by atoms with Crippen LogP contribution in [0.25, 0.3) is 22.2 Å². The molecule has 0 bridgehead atoms. The molecule has 0 atom stereocenters. The Hall–Kier alpha value is -3.15. The first-order valence-corrected chi connectivity index (χ1v) is 6.31. The number of rotatable bonds is 2. The van der Waals surface area contributed by atoms with Gasteiger partial charge in [-0.25, -0.2) is 14.2 Å². The third-order valence-corrected chi connectivity index (χ3v) is 3.26. The maximum atomic E-state index is 13.3. The third kappa shape index (κ3) is 2.31. The van der Waals surface area contributed by atoms with Crippen molar-refractivity contribution in [3.63, 3.8) is 0 Å². The molecule has 0 fully saturated rings. The largest absolute Gasteiger partial charge is 0.508 e. The zero-order valence-corrected chi connectivity index (χ0v) is 11.1. The molecule has 6 heteroatoms. The number of phenolic OH excluding ortho intramolecular Hbond substituents is 2. The summed E-state index contributed by atoms with van der Waals surface area (Å²) < 4.78 is 13.3. The average Bonchev–Trinajstić information content (AvgIpc) is 2.48. The van der Waals surface area contributed by atoms with Crippen LogP contribution in [-0.4, -0.2) is 26.3 Å². The second-order valence-electron chi connectivity index (χ2n) is 4.72. The average molecular weight is 299 g/mol. The normalized spacial score (nSPS) is 10.8. The van der Waals surface area contributed by atoms with Gasteiger partial charge in [-0.05, 0) is 42.5 Å². The smallest absolute Gasteiger partial charge is 0.336 e. The monoisotopic (exact) mass is 299 g/mol. The van der Waals surface area contributed by atoms with E-state index in [1.807, 2.05) is 0 Å². The summed E-state index contributed by atoms with van der Waals surface area (Å²) in [7, 11) is 0. The van der Waals surface area contributed by atoms with Gasteiger partial charge in [-0.1, -0.05) is 0 Å². The number of aromatic carboxylic acids is 1. The number of pyridine rings is 1. The predicted octanol–water partition coefficient (Wildman–Crippen LogP) is 3.15. The minimum absolute atomic E-state index is 0.0920. The highest BCUT2D eigenvalue weighted by molar-refractivity contribution is 6.03. The molecule has 1 aromatic heterocycles. The molecule has 0 unspecified atom stereocenters. The summed E-state index contributed by atoms with van der Waals surface area (Å²) in [4.78, 5) is 15.6. The molecule has 0 saturated carbocycles. The van der Waals surface area contributed by atoms with E-state index in [2.05, 4.69) is 4.98 Å². The fourth-order valence-electron chi connectivity index (χ4n) is 2.24. The Bertz CT molecular complexity index is 908. The van der Waals surface area contributed by atoms with Crippen LogP contribution in [0.2, 0.25) is 0 Å². The van der Waals surface area contributed by atoms with Crippen molar-refractivity contribution >= 4 is 16.9 Å². The fourth-order valence-corrected chi connectivity index (χ4v) is 2.24. The molecule has 2 aromatic carbocycles. The highest BCUT2D eigenvalue weighted by Gasteiger charge is 2.15. The third-order valence-electron chi connectivity index (χ3n) is 3.26. The molecule has 3 N–H and O–H groups in total. The van der Waals surface area contributed by atoms with Crippen molar-refractivity contribution in [1.29, 1.82) is 0 Å². The Balaban J connectivity index is 2.34. The molecule has 3 aromatic rings. The van der Waals surface area contributed by atoms with Crippen LogP contribution in [-0.2, 0) is 0 Å². The van der Waals surface area contributed by atoms with Crippen LogP contribution in [0.15, 0.2) is 42.5 Å². The minimum Gasteiger partial charge on any atom is -0.508 e. The molecule has 0 aliphatic rings. The van der Waals surface area contributed by atoms with Crippen molar-refractivity contribution in [3.8, 4) is 22.8 Å². The fraction of sp³-hybridized carbons (Fsp3) is 0. The van der Waals surface area contributed by atoms with Crippen LogP contribution in [0.1, 0.15) is 10.4 Å². The molecule has 1 heterocycles. The van der Waals surface area contributed by atoms with Crippen molar-refractivity contribution in [3.05, 3.63) is 53.8 Å². The molecule has 110 valence electrons. The van der Waals surface area contributed by atoms with Gasteiger partial charge in [0.25, 0.3) is 0 Å². The summed E-state index contributed by atoms with van der Waals surface area (Å²) in [5.41, 5.74) is 0.500. The van der Waals surface area contributed by atoms with E-state index in [9.17, 15) is 24.5 Å². The van der Waals surface area contributed by atoms with E-state index in [-0.39, 0.29) is 39.2 Å². The number of fused-ring (bicyclic) bond motifs is 1. The van der Waals surface area contributed by atoms with Crippen LogP contribution in [0.5, 0.6) is 11.5 Å². The maximum absolute atomic E-state index is 13.3. The van der Waals surface area contributed by atoms with E-state index in [0.717, 1.165) is 6.07 Å². The van der Waals surface area contributed by atoms with Gasteiger partial charge in [0, 0.05) is 10.9 Å². The number of phenols is 2. The zero-order valence-electron chi connectivity index (χ0n) is 11.1. The van der Waals surface area contributed by atoms with Crippen molar-refractivity contribution in [1.82, 2.24) is 4.98 Å². The van der Waals surface area contributed by atoms with Crippen molar-refractivity contribution in [2.75, 3.05) is 0 Å². The molecule has 5 nitrogen and oxygen atoms in total. The first kappa shape index (κ1) is 13.8. The van der Waals surface area contributed by atoms with Gasteiger partial charge in [-0.2, -0.15) is 0 Å². The number of carboxylic acid groups (broad SMARTS) is 1. The highest BCUT2D eigenvalue weighted by atomic mass is 19.1. The number of carbonyl (C=O) groups is 1. The summed E-state index contributed by atoms with van der Waals surface area (Å²) in [6, 6.07) is 8.72. The van der Waals surface area contributed by atoms with Crippen molar-refractivity contribution < 1.29 is 24.5 Å². The Morgan fingerprint density at radius 2 is 1.82 bits per heavy atom. The van der Waals surface area contributed by atoms with Gasteiger partial charge >= 0.3 is 5.97 Å². The van der Waals surface area contributed by atoms with Crippen LogP contribution in [0, 0.1) is 5.82 Å². The van der Waals surface area contributed by atoms with Gasteiger partial charge in [0.1, 0.15) is 17.3 Å². The van der Waals surface area contributed by atoms with E-state index in [4.69, 9.17) is 0 Å². The van der Waals surface area contributed by atoms with Crippen LogP contribution < -0.4 is 0 Å². The first-order chi connectivity index (χ1) is 10.5. The second-order valence-corrected chi connectivity index (χ2v) is 4.72. The molecule has 0 aliphatic carbocycles. The zero-order chi connectivity index (χ0) is 15.9. The Morgan fingerprint density at radius 1 is 1.05 bits per heavy atom. The number of carboxylic acids is 1. The van der Waals surface area contributed by atoms with Crippen LogP contribution in [0.4, 0.5) is 4.39 Å². The number of benzene rings is 2. The molecule has 3 rings (SSSR count). The molecule has 22 heavy (non-hydrogen) atoms. The lowest BCUT2D eigenvalue weighted by Crippen LogP contribution is -2.00. The maximum Gasteiger partial charge on any atom is 0.336 e. The van der Waals surface area contributed by atoms with Gasteiger partial charge in [0.2, 0.25) is 0 Å². The van der Waals surface area contributed by atoms with Gasteiger partial charge in [-0.3, -0.25) is 0 Å². The second kappa shape index (κ2) is 5.00. The lowest BCUT2D eigenvalue weighted by molar-refractivity contribution is 0.0699. The SMILES string of the molecule is O=C(O)c1cc(-c2cc(O)ccc2O)nc2ccc(F)cc12. The number of nitrogens with zero attached hydrogens (tertiary/aromatic N) is 1. The standard InChI is InChI=1S/C16H10FNO4/c17-8-1-3-13-10(5-8)11(16(21)22)7-14(18-13)12-6-9(19)2-4-15(12)20/h1-7,19-20H,(H,21,22). The van der Waals surface area contributed by atoms with E-state index >= 15 is 0 Å². The first-order valence-electron chi connectivity index (χ1n) is 6.31. The van der Waals surface area contributed by atoms with Crippen molar-refractivity contribution in [2.24, 2.45) is 0 Å². The quantitative estimate of drug-likeness (QED) is 0.632. The lowest BCUT2D eigenvalue weighted by Gasteiger charge is -2.09. The number of hydrogen-bond acceptors (Lipinski definition) is 4. The summed E-state index contributed by atoms with van der Waals surface area (Å²) in [6.07, 6.45) is 0. The molecular formula is C16H10FNO4. The Kier molecular flexibility index (Phi) is 3.14. The van der Waals surface area contributed by atoms with Gasteiger partial charge < -0.3 is 15.3 Å². The highest BCUT2D eigenvalue weighted by Crippen LogP contribution is 2.33. The lowest BCUT2D eigenvalue weighted by atomic mass is 10.0.